The molecule has 0 atom stereocenters. The second-order valence-electron chi connectivity index (χ2n) is 5.28. The highest BCUT2D eigenvalue weighted by molar-refractivity contribution is 5.85. The lowest BCUT2D eigenvalue weighted by atomic mass is 9.83. The number of benzene rings is 1. The number of rotatable bonds is 6. The van der Waals surface area contributed by atoms with Gasteiger partial charge >= 0.3 is 0 Å². The normalized spacial score (nSPS) is 11.3. The summed E-state index contributed by atoms with van der Waals surface area (Å²) in [6, 6.07) is 13.3. The van der Waals surface area contributed by atoms with Gasteiger partial charge in [0.1, 0.15) is 12.4 Å². The molecular formula is C16H19NO2. The fourth-order valence-electron chi connectivity index (χ4n) is 1.91. The Bertz CT molecular complexity index is 515. The van der Waals surface area contributed by atoms with Crippen molar-refractivity contribution in [1.29, 1.82) is 0 Å². The van der Waals surface area contributed by atoms with Crippen LogP contribution in [0.4, 0.5) is 0 Å². The van der Waals surface area contributed by atoms with Crippen LogP contribution in [-0.2, 0) is 11.2 Å². The number of ether oxygens (including phenoxy) is 1. The summed E-state index contributed by atoms with van der Waals surface area (Å²) in [5.41, 5.74) is 0.637. The summed E-state index contributed by atoms with van der Waals surface area (Å²) in [6.07, 6.45) is 2.56. The standard InChI is InChI=1S/C16H19NO2/c1-16(2,11-13-7-6-10-17-13)15(18)12-19-14-8-4-3-5-9-14/h3-10,17H,11-12H2,1-2H3. The third kappa shape index (κ3) is 3.71. The highest BCUT2D eigenvalue weighted by atomic mass is 16.5. The molecule has 1 aromatic carbocycles. The molecule has 1 N–H and O–H groups in total. The van der Waals surface area contributed by atoms with E-state index in [0.717, 1.165) is 11.4 Å². The van der Waals surface area contributed by atoms with Gasteiger partial charge < -0.3 is 9.72 Å². The number of nitrogens with one attached hydrogen (secondary N) is 1. The van der Waals surface area contributed by atoms with Gasteiger partial charge in [0.15, 0.2) is 5.78 Å². The van der Waals surface area contributed by atoms with Gasteiger partial charge in [-0.25, -0.2) is 0 Å². The molecule has 100 valence electrons. The highest BCUT2D eigenvalue weighted by Gasteiger charge is 2.28. The lowest BCUT2D eigenvalue weighted by molar-refractivity contribution is -0.129. The molecule has 2 rings (SSSR count). The summed E-state index contributed by atoms with van der Waals surface area (Å²) in [7, 11) is 0. The van der Waals surface area contributed by atoms with Crippen LogP contribution in [-0.4, -0.2) is 17.4 Å². The van der Waals surface area contributed by atoms with Gasteiger partial charge in [-0.05, 0) is 30.7 Å². The van der Waals surface area contributed by atoms with Crippen LogP contribution in [0.1, 0.15) is 19.5 Å². The minimum atomic E-state index is -0.431. The van der Waals surface area contributed by atoms with Gasteiger partial charge in [-0.3, -0.25) is 4.79 Å². The molecule has 1 heterocycles. The molecular weight excluding hydrogens is 238 g/mol. The number of hydrogen-bond donors (Lipinski definition) is 1. The van der Waals surface area contributed by atoms with E-state index in [-0.39, 0.29) is 12.4 Å². The molecule has 0 bridgehead atoms. The second-order valence-corrected chi connectivity index (χ2v) is 5.28. The monoisotopic (exact) mass is 257 g/mol. The van der Waals surface area contributed by atoms with E-state index in [1.165, 1.54) is 0 Å². The van der Waals surface area contributed by atoms with Crippen LogP contribution in [0.2, 0.25) is 0 Å². The number of carbonyl (C=O) groups is 1. The molecule has 3 heteroatoms. The molecule has 19 heavy (non-hydrogen) atoms. The summed E-state index contributed by atoms with van der Waals surface area (Å²) >= 11 is 0. The SMILES string of the molecule is CC(C)(Cc1ccc[nH]1)C(=O)COc1ccccc1. The van der Waals surface area contributed by atoms with Crippen molar-refractivity contribution >= 4 is 5.78 Å². The zero-order chi connectivity index (χ0) is 13.7. The minimum absolute atomic E-state index is 0.103. The van der Waals surface area contributed by atoms with Gasteiger partial charge in [0.2, 0.25) is 0 Å². The van der Waals surface area contributed by atoms with E-state index < -0.39 is 5.41 Å². The molecule has 0 saturated heterocycles. The van der Waals surface area contributed by atoms with Gasteiger partial charge in [0.25, 0.3) is 0 Å². The number of ketones is 1. The van der Waals surface area contributed by atoms with Gasteiger partial charge in [-0.15, -0.1) is 0 Å². The van der Waals surface area contributed by atoms with Gasteiger partial charge in [0.05, 0.1) is 0 Å². The molecule has 0 aliphatic rings. The first-order valence-electron chi connectivity index (χ1n) is 6.41. The largest absolute Gasteiger partial charge is 0.486 e. The maximum absolute atomic E-state index is 12.2. The van der Waals surface area contributed by atoms with Crippen molar-refractivity contribution < 1.29 is 9.53 Å². The van der Waals surface area contributed by atoms with Crippen LogP contribution in [0.15, 0.2) is 48.7 Å². The Morgan fingerprint density at radius 3 is 2.53 bits per heavy atom. The van der Waals surface area contributed by atoms with Crippen LogP contribution in [0.5, 0.6) is 5.75 Å². The third-order valence-corrected chi connectivity index (χ3v) is 3.16. The van der Waals surface area contributed by atoms with Crippen molar-refractivity contribution in [3.63, 3.8) is 0 Å². The summed E-state index contributed by atoms with van der Waals surface area (Å²) in [4.78, 5) is 15.4. The number of hydrogen-bond acceptors (Lipinski definition) is 2. The number of Topliss-reactive ketones (excluding diaryl/α,β-unsaturated/α-hetero) is 1. The summed E-state index contributed by atoms with van der Waals surface area (Å²) in [6.45, 7) is 4.01. The predicted octanol–water partition coefficient (Wildman–Crippen LogP) is 3.23. The van der Waals surface area contributed by atoms with E-state index in [1.807, 2.05) is 62.5 Å². The Labute approximate surface area is 113 Å². The zero-order valence-electron chi connectivity index (χ0n) is 11.3. The van der Waals surface area contributed by atoms with E-state index in [2.05, 4.69) is 4.98 Å². The molecule has 0 unspecified atom stereocenters. The first-order chi connectivity index (χ1) is 9.08. The molecule has 0 saturated carbocycles. The van der Waals surface area contributed by atoms with E-state index in [0.29, 0.717) is 6.42 Å². The average molecular weight is 257 g/mol. The van der Waals surface area contributed by atoms with Crippen molar-refractivity contribution in [1.82, 2.24) is 4.98 Å². The third-order valence-electron chi connectivity index (χ3n) is 3.16. The van der Waals surface area contributed by atoms with Gasteiger partial charge in [-0.1, -0.05) is 32.0 Å². The van der Waals surface area contributed by atoms with Crippen LogP contribution < -0.4 is 4.74 Å². The van der Waals surface area contributed by atoms with E-state index in [4.69, 9.17) is 4.74 Å². The number of H-pyrrole nitrogens is 1. The molecule has 1 aromatic heterocycles. The summed E-state index contributed by atoms with van der Waals surface area (Å²) in [5, 5.41) is 0. The van der Waals surface area contributed by atoms with Crippen LogP contribution >= 0.6 is 0 Å². The summed E-state index contributed by atoms with van der Waals surface area (Å²) < 4.78 is 5.51. The van der Waals surface area contributed by atoms with E-state index in [9.17, 15) is 4.79 Å². The van der Waals surface area contributed by atoms with Crippen LogP contribution in [0, 0.1) is 5.41 Å². The first-order valence-corrected chi connectivity index (χ1v) is 6.41. The van der Waals surface area contributed by atoms with Gasteiger partial charge in [-0.2, -0.15) is 0 Å². The maximum Gasteiger partial charge on any atom is 0.176 e. The molecule has 3 nitrogen and oxygen atoms in total. The Balaban J connectivity index is 1.91. The van der Waals surface area contributed by atoms with E-state index in [1.54, 1.807) is 0 Å². The lowest BCUT2D eigenvalue weighted by Gasteiger charge is -2.22. The van der Waals surface area contributed by atoms with Crippen molar-refractivity contribution in [2.24, 2.45) is 5.41 Å². The molecule has 2 aromatic rings. The molecule has 0 spiro atoms. The van der Waals surface area contributed by atoms with Crippen molar-refractivity contribution in [3.8, 4) is 5.75 Å². The van der Waals surface area contributed by atoms with Crippen molar-refractivity contribution in [3.05, 3.63) is 54.4 Å². The Hall–Kier alpha value is -2.03. The Kier molecular flexibility index (Phi) is 4.05. The molecule has 0 radical (unpaired) electrons. The maximum atomic E-state index is 12.2. The fourth-order valence-corrected chi connectivity index (χ4v) is 1.91. The molecule has 0 fully saturated rings. The number of para-hydroxylation sites is 1. The quantitative estimate of drug-likeness (QED) is 0.863. The minimum Gasteiger partial charge on any atom is -0.486 e. The molecule has 0 aliphatic carbocycles. The predicted molar refractivity (Wildman–Crippen MR) is 75.2 cm³/mol. The van der Waals surface area contributed by atoms with E-state index >= 15 is 0 Å². The van der Waals surface area contributed by atoms with Crippen LogP contribution in [0.3, 0.4) is 0 Å². The fraction of sp³-hybridized carbons (Fsp3) is 0.312. The molecule has 0 amide bonds. The highest BCUT2D eigenvalue weighted by Crippen LogP contribution is 2.23. The average Bonchev–Trinajstić information content (AvgIpc) is 2.89. The molecule has 0 aliphatic heterocycles. The first kappa shape index (κ1) is 13.4. The Morgan fingerprint density at radius 2 is 1.89 bits per heavy atom. The number of aromatic nitrogens is 1. The second kappa shape index (κ2) is 5.74. The van der Waals surface area contributed by atoms with Crippen molar-refractivity contribution in [2.75, 3.05) is 6.61 Å². The van der Waals surface area contributed by atoms with Gasteiger partial charge in [0, 0.05) is 17.3 Å². The number of carbonyl (C=O) groups excluding carboxylic acids is 1. The smallest absolute Gasteiger partial charge is 0.176 e. The number of aromatic amines is 1. The lowest BCUT2D eigenvalue weighted by Crippen LogP contribution is -2.31. The van der Waals surface area contributed by atoms with Crippen molar-refractivity contribution in [2.45, 2.75) is 20.3 Å². The summed E-state index contributed by atoms with van der Waals surface area (Å²) in [5.74, 6) is 0.831. The zero-order valence-corrected chi connectivity index (χ0v) is 11.3. The van der Waals surface area contributed by atoms with Crippen LogP contribution in [0.25, 0.3) is 0 Å². The Morgan fingerprint density at radius 1 is 1.16 bits per heavy atom. The topological polar surface area (TPSA) is 42.1 Å².